The third kappa shape index (κ3) is 6.46. The summed E-state index contributed by atoms with van der Waals surface area (Å²) in [7, 11) is 3.20. The number of halogens is 6. The lowest BCUT2D eigenvalue weighted by molar-refractivity contribution is -0.140. The third-order valence-corrected chi connectivity index (χ3v) is 10.8. The van der Waals surface area contributed by atoms with Crippen LogP contribution in [-0.2, 0) is 37.0 Å². The van der Waals surface area contributed by atoms with Crippen LogP contribution in [0.5, 0.6) is 6.01 Å². The summed E-state index contributed by atoms with van der Waals surface area (Å²) >= 11 is 6.75. The summed E-state index contributed by atoms with van der Waals surface area (Å²) in [5, 5.41) is 4.68. The molecule has 4 aliphatic heterocycles. The minimum absolute atomic E-state index is 0.0156. The van der Waals surface area contributed by atoms with Gasteiger partial charge in [0, 0.05) is 51.3 Å². The monoisotopic (exact) mass is 760 g/mol. The van der Waals surface area contributed by atoms with Crippen molar-refractivity contribution in [3.8, 4) is 17.9 Å². The number of rotatable bonds is 6. The molecule has 3 aromatic rings. The second-order valence-electron chi connectivity index (χ2n) is 14.1. The average molecular weight is 761 g/mol. The number of ether oxygens (including phenoxy) is 2. The molecule has 1 amide bonds. The zero-order chi connectivity index (χ0) is 38.0. The molecule has 53 heavy (non-hydrogen) atoms. The molecule has 0 bridgehead atoms. The number of fused-ring (bicyclic) bond motifs is 3. The molecule has 2 fully saturated rings. The molecule has 7 rings (SSSR count). The number of hydrogen-bond donors (Lipinski definition) is 1. The molecule has 17 heteroatoms. The largest absolute Gasteiger partial charge is 0.461 e. The molecule has 0 spiro atoms. The number of carbonyl (C=O) groups is 1. The lowest BCUT2D eigenvalue weighted by atomic mass is 9.90. The number of alkyl halides is 3. The van der Waals surface area contributed by atoms with E-state index in [1.807, 2.05) is 4.90 Å². The maximum atomic E-state index is 15.7. The van der Waals surface area contributed by atoms with Gasteiger partial charge in [0.1, 0.15) is 18.1 Å². The van der Waals surface area contributed by atoms with Gasteiger partial charge in [-0.15, -0.1) is 5.92 Å². The number of hydrogen-bond acceptors (Lipinski definition) is 9. The second-order valence-corrected chi connectivity index (χ2v) is 14.5. The molecule has 0 aliphatic carbocycles. The first-order valence-electron chi connectivity index (χ1n) is 17.2. The molecule has 0 unspecified atom stereocenters. The highest BCUT2D eigenvalue weighted by molar-refractivity contribution is 6.34. The SMILES string of the molecule is C=C1CN2CCC[C@]2(COc2nc3c(c(N4CCCn5nc(C(=O)N(C)C)c(Cl)c5C4)n2)CO[C@@H](c2c(F)c(N)c(F)c(C#CC)c2C(F)(F)F)C3)C1. The summed E-state index contributed by atoms with van der Waals surface area (Å²) < 4.78 is 88.6. The molecular formula is C36H38ClF5N8O3. The van der Waals surface area contributed by atoms with Crippen molar-refractivity contribution in [1.82, 2.24) is 29.5 Å². The highest BCUT2D eigenvalue weighted by Crippen LogP contribution is 2.46. The van der Waals surface area contributed by atoms with Crippen molar-refractivity contribution in [3.05, 3.63) is 68.1 Å². The predicted octanol–water partition coefficient (Wildman–Crippen LogP) is 5.68. The molecule has 11 nitrogen and oxygen atoms in total. The lowest BCUT2D eigenvalue weighted by Crippen LogP contribution is -2.43. The number of anilines is 2. The lowest BCUT2D eigenvalue weighted by Gasteiger charge is -2.33. The topological polar surface area (TPSA) is 115 Å². The maximum Gasteiger partial charge on any atom is 0.418 e. The van der Waals surface area contributed by atoms with E-state index >= 15 is 8.78 Å². The van der Waals surface area contributed by atoms with Gasteiger partial charge >= 0.3 is 12.2 Å². The van der Waals surface area contributed by atoms with Gasteiger partial charge in [0.25, 0.3) is 5.91 Å². The zero-order valence-corrected chi connectivity index (χ0v) is 30.2. The van der Waals surface area contributed by atoms with Crippen LogP contribution in [-0.4, -0.2) is 81.3 Å². The van der Waals surface area contributed by atoms with Gasteiger partial charge < -0.3 is 25.0 Å². The summed E-state index contributed by atoms with van der Waals surface area (Å²) in [4.78, 5) is 28.0. The number of aryl methyl sites for hydroxylation is 1. The van der Waals surface area contributed by atoms with Crippen molar-refractivity contribution in [2.75, 3.05) is 51.0 Å². The van der Waals surface area contributed by atoms with Crippen molar-refractivity contribution >= 4 is 29.0 Å². The van der Waals surface area contributed by atoms with Crippen molar-refractivity contribution in [1.29, 1.82) is 0 Å². The Morgan fingerprint density at radius 2 is 1.94 bits per heavy atom. The first-order valence-corrected chi connectivity index (χ1v) is 17.6. The Morgan fingerprint density at radius 1 is 1.17 bits per heavy atom. The number of nitrogens with two attached hydrogens (primary N) is 1. The molecule has 1 aromatic carbocycles. The zero-order valence-electron chi connectivity index (χ0n) is 29.5. The Hall–Kier alpha value is -4.46. The van der Waals surface area contributed by atoms with Crippen molar-refractivity contribution in [2.24, 2.45) is 0 Å². The molecule has 2 saturated heterocycles. The quantitative estimate of drug-likeness (QED) is 0.147. The third-order valence-electron chi connectivity index (χ3n) is 10.4. The fraction of sp³-hybridized carbons (Fsp3) is 0.500. The number of aromatic nitrogens is 4. The first-order chi connectivity index (χ1) is 25.1. The Labute approximate surface area is 307 Å². The van der Waals surface area contributed by atoms with Crippen LogP contribution in [0.15, 0.2) is 12.2 Å². The number of benzene rings is 1. The van der Waals surface area contributed by atoms with E-state index in [-0.39, 0.29) is 60.0 Å². The van der Waals surface area contributed by atoms with Crippen molar-refractivity contribution in [2.45, 2.75) is 76.5 Å². The van der Waals surface area contributed by atoms with Gasteiger partial charge in [-0.2, -0.15) is 28.2 Å². The summed E-state index contributed by atoms with van der Waals surface area (Å²) in [6.45, 7) is 8.11. The standard InChI is InChI=1S/C36H38ClF5N8O3/c1-5-8-20-26(36(40,41)42)25(29(39)30(43)28(20)38)24-13-22-21(17-52-24)32(45-34(44-22)53-18-35-9-6-11-49(35)15-19(2)14-35)48-10-7-12-50-23(16-48)27(37)31(46-50)33(51)47(3)4/h24H,2,6-7,9-18,43H2,1,3-4H3/t24-,35-/m1/s1. The van der Waals surface area contributed by atoms with E-state index in [1.54, 1.807) is 18.8 Å². The molecule has 282 valence electrons. The number of nitrogen functional groups attached to an aromatic ring is 1. The average Bonchev–Trinajstić information content (AvgIpc) is 3.68. The molecule has 0 saturated carbocycles. The smallest absolute Gasteiger partial charge is 0.418 e. The number of carbonyl (C=O) groups excluding carboxylic acids is 1. The van der Waals surface area contributed by atoms with E-state index in [0.717, 1.165) is 37.9 Å². The highest BCUT2D eigenvalue weighted by Gasteiger charge is 2.47. The van der Waals surface area contributed by atoms with Crippen molar-refractivity contribution < 1.29 is 36.2 Å². The summed E-state index contributed by atoms with van der Waals surface area (Å²) in [5.41, 5.74) is 3.22. The van der Waals surface area contributed by atoms with Crippen LogP contribution in [0, 0.1) is 23.5 Å². The molecular weight excluding hydrogens is 723 g/mol. The van der Waals surface area contributed by atoms with E-state index in [2.05, 4.69) is 33.4 Å². The van der Waals surface area contributed by atoms with Crippen LogP contribution >= 0.6 is 11.6 Å². The fourth-order valence-electron chi connectivity index (χ4n) is 7.97. The van der Waals surface area contributed by atoms with E-state index in [9.17, 15) is 18.0 Å². The van der Waals surface area contributed by atoms with Crippen LogP contribution in [0.3, 0.4) is 0 Å². The Balaban J connectivity index is 1.31. The van der Waals surface area contributed by atoms with Gasteiger partial charge in [0.15, 0.2) is 17.3 Å². The molecule has 0 radical (unpaired) electrons. The predicted molar refractivity (Wildman–Crippen MR) is 185 cm³/mol. The summed E-state index contributed by atoms with van der Waals surface area (Å²) in [6, 6.07) is -0.0156. The molecule has 2 aromatic heterocycles. The highest BCUT2D eigenvalue weighted by atomic mass is 35.5. The van der Waals surface area contributed by atoms with E-state index < -0.39 is 46.3 Å². The molecule has 2 atom stereocenters. The number of amides is 1. The molecule has 4 aliphatic rings. The van der Waals surface area contributed by atoms with E-state index in [0.29, 0.717) is 36.6 Å². The van der Waals surface area contributed by atoms with Gasteiger partial charge in [0.2, 0.25) is 0 Å². The molecule has 6 heterocycles. The van der Waals surface area contributed by atoms with Crippen LogP contribution in [0.25, 0.3) is 0 Å². The summed E-state index contributed by atoms with van der Waals surface area (Å²) in [6.07, 6.45) is -3.89. The van der Waals surface area contributed by atoms with Gasteiger partial charge in [-0.05, 0) is 39.2 Å². The van der Waals surface area contributed by atoms with Crippen LogP contribution in [0.1, 0.15) is 82.8 Å². The Kier molecular flexibility index (Phi) is 9.57. The number of nitrogens with zero attached hydrogens (tertiary/aromatic N) is 7. The minimum atomic E-state index is -5.20. The Bertz CT molecular complexity index is 2080. The van der Waals surface area contributed by atoms with Gasteiger partial charge in [-0.1, -0.05) is 29.7 Å². The minimum Gasteiger partial charge on any atom is -0.461 e. The van der Waals surface area contributed by atoms with Crippen molar-refractivity contribution in [3.63, 3.8) is 0 Å². The van der Waals surface area contributed by atoms with Crippen LogP contribution < -0.4 is 15.4 Å². The first kappa shape index (κ1) is 36.9. The van der Waals surface area contributed by atoms with Crippen LogP contribution in [0.2, 0.25) is 5.02 Å². The van der Waals surface area contributed by atoms with Gasteiger partial charge in [0.05, 0.1) is 52.3 Å². The maximum absolute atomic E-state index is 15.7. The second kappa shape index (κ2) is 13.7. The Morgan fingerprint density at radius 3 is 2.66 bits per heavy atom. The van der Waals surface area contributed by atoms with Crippen LogP contribution in [0.4, 0.5) is 33.5 Å². The van der Waals surface area contributed by atoms with E-state index in [1.165, 1.54) is 11.8 Å². The fourth-order valence-corrected chi connectivity index (χ4v) is 8.24. The normalized spacial score (nSPS) is 21.4. The van der Waals surface area contributed by atoms with Gasteiger partial charge in [-0.25, -0.2) is 8.78 Å². The van der Waals surface area contributed by atoms with Gasteiger partial charge in [-0.3, -0.25) is 14.4 Å². The summed E-state index contributed by atoms with van der Waals surface area (Å²) in [5.74, 6) is 1.26. The van der Waals surface area contributed by atoms with E-state index in [4.69, 9.17) is 31.8 Å². The molecule has 2 N–H and O–H groups in total.